The summed E-state index contributed by atoms with van der Waals surface area (Å²) in [4.78, 5) is 0. The highest BCUT2D eigenvalue weighted by molar-refractivity contribution is 9.12. The molecule has 2 rings (SSSR count). The van der Waals surface area contributed by atoms with Crippen LogP contribution in [0.25, 0.3) is 0 Å². The number of aliphatic hydroxyl groups is 1. The van der Waals surface area contributed by atoms with Crippen molar-refractivity contribution in [1.29, 1.82) is 0 Å². The Bertz CT molecular complexity index is 648. The summed E-state index contributed by atoms with van der Waals surface area (Å²) in [5, 5.41) is 12.3. The third kappa shape index (κ3) is 5.48. The molecule has 26 heavy (non-hydrogen) atoms. The highest BCUT2D eigenvalue weighted by Gasteiger charge is 2.25. The van der Waals surface area contributed by atoms with Gasteiger partial charge in [0.15, 0.2) is 11.5 Å². The number of hydrogen-bond donors (Lipinski definition) is 3. The second-order valence-corrected chi connectivity index (χ2v) is 6.68. The van der Waals surface area contributed by atoms with Crippen molar-refractivity contribution < 1.29 is 19.3 Å². The number of likely N-dealkylation sites (N-methyl/N-ethyl adjacent to an activating group) is 1. The van der Waals surface area contributed by atoms with Gasteiger partial charge in [0.05, 0.1) is 18.8 Å². The minimum atomic E-state index is -0.0628. The Morgan fingerprint density at radius 2 is 1.96 bits per heavy atom. The lowest BCUT2D eigenvalue weighted by Crippen LogP contribution is -2.36. The Morgan fingerprint density at radius 3 is 2.58 bits per heavy atom. The van der Waals surface area contributed by atoms with Gasteiger partial charge in [-0.1, -0.05) is 19.1 Å². The van der Waals surface area contributed by atoms with Crippen LogP contribution in [0.1, 0.15) is 13.3 Å². The van der Waals surface area contributed by atoms with Gasteiger partial charge in [-0.3, -0.25) is 0 Å². The Morgan fingerprint density at radius 1 is 1.27 bits per heavy atom. The number of halogens is 1. The van der Waals surface area contributed by atoms with E-state index in [2.05, 4.69) is 28.2 Å². The molecule has 0 spiro atoms. The highest BCUT2D eigenvalue weighted by Crippen LogP contribution is 2.31. The van der Waals surface area contributed by atoms with Crippen molar-refractivity contribution >= 4 is 15.9 Å². The third-order valence-electron chi connectivity index (χ3n) is 4.10. The van der Waals surface area contributed by atoms with Gasteiger partial charge in [-0.05, 0) is 47.1 Å². The molecule has 0 amide bonds. The van der Waals surface area contributed by atoms with Gasteiger partial charge in [-0.2, -0.15) is 0 Å². The highest BCUT2D eigenvalue weighted by atomic mass is 79.9. The topological polar surface area (TPSA) is 86.0 Å². The Labute approximate surface area is 163 Å². The van der Waals surface area contributed by atoms with Gasteiger partial charge in [0.2, 0.25) is 0 Å². The average molecular weight is 427 g/mol. The Kier molecular flexibility index (Phi) is 8.44. The van der Waals surface area contributed by atoms with Crippen molar-refractivity contribution in [3.05, 3.63) is 46.1 Å². The molecule has 7 heteroatoms. The number of nitrogens with two attached hydrogens (primary N) is 1. The predicted octanol–water partition coefficient (Wildman–Crippen LogP) is 2.32. The zero-order valence-electron chi connectivity index (χ0n) is 15.2. The van der Waals surface area contributed by atoms with E-state index in [0.29, 0.717) is 18.1 Å². The van der Waals surface area contributed by atoms with Crippen LogP contribution in [0.4, 0.5) is 0 Å². The molecule has 1 aromatic rings. The van der Waals surface area contributed by atoms with Gasteiger partial charge < -0.3 is 30.4 Å². The lowest BCUT2D eigenvalue weighted by Gasteiger charge is -2.20. The third-order valence-corrected chi connectivity index (χ3v) is 5.07. The van der Waals surface area contributed by atoms with Gasteiger partial charge in [0.25, 0.3) is 0 Å². The fourth-order valence-electron chi connectivity index (χ4n) is 2.78. The summed E-state index contributed by atoms with van der Waals surface area (Å²) >= 11 is 3.62. The van der Waals surface area contributed by atoms with Crippen LogP contribution in [0.2, 0.25) is 0 Å². The average Bonchev–Trinajstić information content (AvgIpc) is 2.77. The summed E-state index contributed by atoms with van der Waals surface area (Å²) in [5.74, 6) is 1.21. The molecular weight excluding hydrogens is 400 g/mol. The molecule has 2 unspecified atom stereocenters. The lowest BCUT2D eigenvalue weighted by atomic mass is 10.1. The van der Waals surface area contributed by atoms with Gasteiger partial charge in [-0.15, -0.1) is 0 Å². The van der Waals surface area contributed by atoms with Crippen molar-refractivity contribution in [2.45, 2.75) is 25.5 Å². The Balaban J connectivity index is 2.17. The number of nitrogens with one attached hydrogen (secondary N) is 1. The van der Waals surface area contributed by atoms with E-state index in [9.17, 15) is 0 Å². The van der Waals surface area contributed by atoms with Crippen molar-refractivity contribution in [3.63, 3.8) is 0 Å². The van der Waals surface area contributed by atoms with Crippen LogP contribution in [0.5, 0.6) is 11.5 Å². The van der Waals surface area contributed by atoms with Crippen LogP contribution in [0, 0.1) is 0 Å². The van der Waals surface area contributed by atoms with Crippen LogP contribution in [-0.2, 0) is 4.74 Å². The van der Waals surface area contributed by atoms with E-state index < -0.39 is 0 Å². The van der Waals surface area contributed by atoms with Crippen LogP contribution in [0.15, 0.2) is 46.1 Å². The summed E-state index contributed by atoms with van der Waals surface area (Å²) in [7, 11) is 1.69. The van der Waals surface area contributed by atoms with Crippen molar-refractivity contribution in [2.75, 3.05) is 33.5 Å². The zero-order chi connectivity index (χ0) is 18.9. The van der Waals surface area contributed by atoms with E-state index in [1.165, 1.54) is 0 Å². The summed E-state index contributed by atoms with van der Waals surface area (Å²) in [5.41, 5.74) is 8.01. The maximum Gasteiger partial charge on any atom is 0.161 e. The molecule has 0 heterocycles. The monoisotopic (exact) mass is 426 g/mol. The number of ether oxygens (including phenoxy) is 3. The fraction of sp³-hybridized carbons (Fsp3) is 0.474. The first-order valence-electron chi connectivity index (χ1n) is 8.68. The predicted molar refractivity (Wildman–Crippen MR) is 106 cm³/mol. The Hall–Kier alpha value is -1.54. The first-order chi connectivity index (χ1) is 12.6. The minimum Gasteiger partial charge on any atom is -0.487 e. The second-order valence-electron chi connectivity index (χ2n) is 5.89. The maximum atomic E-state index is 8.95. The van der Waals surface area contributed by atoms with E-state index in [-0.39, 0.29) is 25.4 Å². The quantitative estimate of drug-likeness (QED) is 0.561. The first-order valence-corrected chi connectivity index (χ1v) is 9.47. The molecule has 1 aromatic carbocycles. The molecule has 0 saturated heterocycles. The van der Waals surface area contributed by atoms with E-state index in [4.69, 9.17) is 25.1 Å². The molecule has 0 aliphatic heterocycles. The molecule has 1 aliphatic carbocycles. The van der Waals surface area contributed by atoms with Crippen LogP contribution in [0.3, 0.4) is 0 Å². The smallest absolute Gasteiger partial charge is 0.161 e. The molecule has 4 N–H and O–H groups in total. The van der Waals surface area contributed by atoms with Crippen molar-refractivity contribution in [3.8, 4) is 11.5 Å². The number of aliphatic hydroxyl groups excluding tert-OH is 1. The molecule has 0 bridgehead atoms. The molecule has 6 nitrogen and oxygen atoms in total. The summed E-state index contributed by atoms with van der Waals surface area (Å²) in [6.07, 6.45) is 2.73. The van der Waals surface area contributed by atoms with E-state index >= 15 is 0 Å². The molecule has 144 valence electrons. The second kappa shape index (κ2) is 10.6. The number of hydrogen-bond acceptors (Lipinski definition) is 6. The fourth-order valence-corrected chi connectivity index (χ4v) is 3.30. The van der Waals surface area contributed by atoms with Crippen LogP contribution < -0.4 is 20.5 Å². The van der Waals surface area contributed by atoms with Gasteiger partial charge in [0, 0.05) is 22.9 Å². The van der Waals surface area contributed by atoms with Gasteiger partial charge in [-0.25, -0.2) is 0 Å². The normalized spacial score (nSPS) is 20.5. The van der Waals surface area contributed by atoms with E-state index in [0.717, 1.165) is 28.7 Å². The van der Waals surface area contributed by atoms with Gasteiger partial charge in [0.1, 0.15) is 13.2 Å². The van der Waals surface area contributed by atoms with Gasteiger partial charge >= 0.3 is 0 Å². The summed E-state index contributed by atoms with van der Waals surface area (Å²) < 4.78 is 17.9. The first kappa shape index (κ1) is 20.8. The standard InChI is InChI=1S/C19H27BrN2O4/c1-3-22-15-11-14(24-2)10-13(18(20)19(15)21)12-26-17-7-5-4-6-16(17)25-9-8-23/h4-7,10,14-15,22-23H,3,8-9,11-12,21H2,1-2H3. The van der Waals surface area contributed by atoms with E-state index in [1.807, 2.05) is 30.3 Å². The largest absolute Gasteiger partial charge is 0.487 e. The maximum absolute atomic E-state index is 8.95. The number of rotatable bonds is 9. The number of para-hydroxylation sites is 2. The minimum absolute atomic E-state index is 0.0354. The molecule has 0 radical (unpaired) electrons. The number of methoxy groups -OCH3 is 1. The van der Waals surface area contributed by atoms with Crippen molar-refractivity contribution in [1.82, 2.24) is 5.32 Å². The van der Waals surface area contributed by atoms with Crippen LogP contribution in [-0.4, -0.2) is 50.7 Å². The molecule has 0 saturated carbocycles. The van der Waals surface area contributed by atoms with Crippen molar-refractivity contribution in [2.24, 2.45) is 5.73 Å². The lowest BCUT2D eigenvalue weighted by molar-refractivity contribution is 0.126. The SMILES string of the molecule is CCNC1CC(OC)C=C(COc2ccccc2OCCO)C(Br)=C1N. The molecular formula is C19H27BrN2O4. The summed E-state index contributed by atoms with van der Waals surface area (Å²) in [6, 6.07) is 7.42. The molecule has 2 atom stereocenters. The molecule has 1 aliphatic rings. The molecule has 0 aromatic heterocycles. The molecule has 0 fully saturated rings. The van der Waals surface area contributed by atoms with E-state index in [1.54, 1.807) is 7.11 Å². The zero-order valence-corrected chi connectivity index (χ0v) is 16.8. The number of benzene rings is 1. The van der Waals surface area contributed by atoms with Crippen LogP contribution >= 0.6 is 15.9 Å². The summed E-state index contributed by atoms with van der Waals surface area (Å²) in [6.45, 7) is 3.36.